The van der Waals surface area contributed by atoms with Crippen molar-refractivity contribution in [1.29, 1.82) is 0 Å². The van der Waals surface area contributed by atoms with E-state index in [0.29, 0.717) is 56.0 Å². The molecular weight excluding hydrogens is 663 g/mol. The van der Waals surface area contributed by atoms with Crippen molar-refractivity contribution in [2.24, 2.45) is 5.10 Å². The van der Waals surface area contributed by atoms with Crippen molar-refractivity contribution in [3.8, 4) is 17.2 Å². The Hall–Kier alpha value is -4.10. The molecule has 0 saturated carbocycles. The van der Waals surface area contributed by atoms with Crippen molar-refractivity contribution in [3.63, 3.8) is 0 Å². The molecule has 0 aliphatic carbocycles. The van der Waals surface area contributed by atoms with Gasteiger partial charge in [0.25, 0.3) is 5.91 Å². The van der Waals surface area contributed by atoms with Gasteiger partial charge in [-0.2, -0.15) is 5.10 Å². The Morgan fingerprint density at radius 3 is 2.39 bits per heavy atom. The van der Waals surface area contributed by atoms with Crippen LogP contribution in [0.5, 0.6) is 17.2 Å². The summed E-state index contributed by atoms with van der Waals surface area (Å²) in [4.78, 5) is 36.8. The second-order valence-electron chi connectivity index (χ2n) is 8.34. The van der Waals surface area contributed by atoms with E-state index in [-0.39, 0.29) is 12.5 Å². The van der Waals surface area contributed by atoms with E-state index in [1.807, 2.05) is 42.5 Å². The summed E-state index contributed by atoms with van der Waals surface area (Å²) in [6.07, 6.45) is 2.98. The first-order chi connectivity index (χ1) is 19.7. The van der Waals surface area contributed by atoms with E-state index in [9.17, 15) is 14.4 Å². The normalized spacial score (nSPS) is 10.5. The number of hydrogen-bond donors (Lipinski definition) is 3. The molecule has 3 aromatic carbocycles. The molecule has 0 aromatic heterocycles. The molecule has 0 saturated heterocycles. The lowest BCUT2D eigenvalue weighted by Crippen LogP contribution is -2.32. The van der Waals surface area contributed by atoms with Crippen LogP contribution in [0.15, 0.2) is 72.4 Å². The molecule has 0 fully saturated rings. The largest absolute Gasteiger partial charge is 0.490 e. The maximum atomic E-state index is 12.4. The number of rotatable bonds is 12. The van der Waals surface area contributed by atoms with Crippen LogP contribution in [0.1, 0.15) is 18.1 Å². The lowest BCUT2D eigenvalue weighted by Gasteiger charge is -2.15. The first-order valence-corrected chi connectivity index (χ1v) is 13.8. The molecule has 214 valence electrons. The van der Waals surface area contributed by atoms with Gasteiger partial charge in [-0.05, 0) is 96.1 Å². The van der Waals surface area contributed by atoms with Crippen LogP contribution < -0.4 is 30.3 Å². The lowest BCUT2D eigenvalue weighted by molar-refractivity contribution is -0.136. The number of hydrogen-bond acceptors (Lipinski definition) is 7. The van der Waals surface area contributed by atoms with Gasteiger partial charge in [-0.25, -0.2) is 5.43 Å². The molecule has 3 aromatic rings. The quantitative estimate of drug-likeness (QED) is 0.0777. The van der Waals surface area contributed by atoms with Gasteiger partial charge in [0.15, 0.2) is 18.1 Å². The Labute approximate surface area is 256 Å². The average molecular weight is 691 g/mol. The first-order valence-electron chi connectivity index (χ1n) is 12.3. The minimum absolute atomic E-state index is 0.259. The highest BCUT2D eigenvalue weighted by molar-refractivity contribution is 14.1. The van der Waals surface area contributed by atoms with E-state index in [1.54, 1.807) is 54.6 Å². The predicted molar refractivity (Wildman–Crippen MR) is 167 cm³/mol. The zero-order valence-electron chi connectivity index (χ0n) is 22.3. The van der Waals surface area contributed by atoms with Gasteiger partial charge in [-0.1, -0.05) is 30.3 Å². The van der Waals surface area contributed by atoms with Crippen molar-refractivity contribution in [2.45, 2.75) is 13.8 Å². The third kappa shape index (κ3) is 9.80. The van der Waals surface area contributed by atoms with Crippen molar-refractivity contribution < 1.29 is 28.6 Å². The molecule has 3 amide bonds. The molecule has 3 N–H and O–H groups in total. The number of carbonyl (C=O) groups excluding carboxylic acids is 3. The second kappa shape index (κ2) is 15.6. The van der Waals surface area contributed by atoms with Crippen molar-refractivity contribution in [1.82, 2.24) is 5.43 Å². The van der Waals surface area contributed by atoms with E-state index >= 15 is 0 Å². The lowest BCUT2D eigenvalue weighted by atomic mass is 10.2. The van der Waals surface area contributed by atoms with Crippen LogP contribution in [0.25, 0.3) is 0 Å². The molecule has 0 spiro atoms. The molecule has 0 unspecified atom stereocenters. The number of ether oxygens (including phenoxy) is 3. The van der Waals surface area contributed by atoms with Crippen molar-refractivity contribution in [2.75, 3.05) is 30.5 Å². The summed E-state index contributed by atoms with van der Waals surface area (Å²) in [5, 5.41) is 9.64. The SMILES string of the molecule is C=CCOc1ccc(NC(=O)C(=O)N/N=C\c2cc(I)c(OCC(=O)Nc3ccc(C)c(Cl)c3)c(OCC)c2)cc1. The summed E-state index contributed by atoms with van der Waals surface area (Å²) in [5.41, 5.74) is 4.64. The highest BCUT2D eigenvalue weighted by Crippen LogP contribution is 2.34. The molecule has 0 atom stereocenters. The van der Waals surface area contributed by atoms with Crippen LogP contribution in [-0.2, 0) is 14.4 Å². The number of carbonyl (C=O) groups is 3. The number of hydrazone groups is 1. The molecule has 12 heteroatoms. The van der Waals surface area contributed by atoms with E-state index in [1.165, 1.54) is 6.21 Å². The Bertz CT molecular complexity index is 1450. The number of aryl methyl sites for hydroxylation is 1. The molecule has 0 bridgehead atoms. The van der Waals surface area contributed by atoms with E-state index in [0.717, 1.165) is 5.56 Å². The predicted octanol–water partition coefficient (Wildman–Crippen LogP) is 5.32. The molecule has 41 heavy (non-hydrogen) atoms. The fourth-order valence-electron chi connectivity index (χ4n) is 3.26. The van der Waals surface area contributed by atoms with Crippen LogP contribution >= 0.6 is 34.2 Å². The average Bonchev–Trinajstić information content (AvgIpc) is 2.94. The summed E-state index contributed by atoms with van der Waals surface area (Å²) in [5.74, 6) is -0.838. The summed E-state index contributed by atoms with van der Waals surface area (Å²) in [7, 11) is 0. The summed E-state index contributed by atoms with van der Waals surface area (Å²) < 4.78 is 17.5. The van der Waals surface area contributed by atoms with Crippen LogP contribution in [-0.4, -0.2) is 43.8 Å². The Morgan fingerprint density at radius 1 is 0.976 bits per heavy atom. The molecule has 0 radical (unpaired) electrons. The highest BCUT2D eigenvalue weighted by Gasteiger charge is 2.15. The van der Waals surface area contributed by atoms with Gasteiger partial charge in [-0.3, -0.25) is 14.4 Å². The van der Waals surface area contributed by atoms with Gasteiger partial charge < -0.3 is 24.8 Å². The third-order valence-corrected chi connectivity index (χ3v) is 6.41. The minimum Gasteiger partial charge on any atom is -0.490 e. The third-order valence-electron chi connectivity index (χ3n) is 5.20. The highest BCUT2D eigenvalue weighted by atomic mass is 127. The fourth-order valence-corrected chi connectivity index (χ4v) is 4.23. The number of benzene rings is 3. The monoisotopic (exact) mass is 690 g/mol. The molecular formula is C29H28ClIN4O6. The Balaban J connectivity index is 1.58. The zero-order chi connectivity index (χ0) is 29.8. The smallest absolute Gasteiger partial charge is 0.329 e. The van der Waals surface area contributed by atoms with Crippen molar-refractivity contribution >= 4 is 69.5 Å². The van der Waals surface area contributed by atoms with Gasteiger partial charge in [0.1, 0.15) is 12.4 Å². The van der Waals surface area contributed by atoms with Gasteiger partial charge >= 0.3 is 11.8 Å². The number of nitrogens with zero attached hydrogens (tertiary/aromatic N) is 1. The van der Waals surface area contributed by atoms with Crippen LogP contribution in [0.2, 0.25) is 5.02 Å². The summed E-state index contributed by atoms with van der Waals surface area (Å²) in [6, 6.07) is 15.1. The maximum absolute atomic E-state index is 12.4. The van der Waals surface area contributed by atoms with E-state index in [2.05, 4.69) is 27.7 Å². The summed E-state index contributed by atoms with van der Waals surface area (Å²) in [6.45, 7) is 7.71. The molecule has 10 nitrogen and oxygen atoms in total. The number of nitrogens with one attached hydrogen (secondary N) is 3. The zero-order valence-corrected chi connectivity index (χ0v) is 25.2. The molecule has 3 rings (SSSR count). The number of halogens is 2. The minimum atomic E-state index is -0.950. The standard InChI is InChI=1S/C29H28ClIN4O6/c1-4-12-40-22-10-8-20(9-11-22)34-28(37)29(38)35-32-16-19-13-24(31)27(25(14-19)39-5-2)41-17-26(36)33-21-7-6-18(3)23(30)15-21/h4,6-11,13-16H,1,5,12,17H2,2-3H3,(H,33,36)(H,34,37)(H,35,38)/b32-16-. The fraction of sp³-hybridized carbons (Fsp3) is 0.172. The van der Waals surface area contributed by atoms with Crippen LogP contribution in [0.3, 0.4) is 0 Å². The van der Waals surface area contributed by atoms with Gasteiger partial charge in [0.2, 0.25) is 0 Å². The Morgan fingerprint density at radius 2 is 1.71 bits per heavy atom. The van der Waals surface area contributed by atoms with Crippen molar-refractivity contribution in [3.05, 3.63) is 87.0 Å². The van der Waals surface area contributed by atoms with E-state index in [4.69, 9.17) is 25.8 Å². The topological polar surface area (TPSA) is 127 Å². The maximum Gasteiger partial charge on any atom is 0.329 e. The molecule has 0 heterocycles. The van der Waals surface area contributed by atoms with Gasteiger partial charge in [-0.15, -0.1) is 0 Å². The van der Waals surface area contributed by atoms with E-state index < -0.39 is 11.8 Å². The first kappa shape index (κ1) is 31.4. The Kier molecular flexibility index (Phi) is 12.0. The number of anilines is 2. The van der Waals surface area contributed by atoms with Crippen LogP contribution in [0, 0.1) is 10.5 Å². The van der Waals surface area contributed by atoms with Crippen LogP contribution in [0.4, 0.5) is 11.4 Å². The molecule has 0 aliphatic heterocycles. The van der Waals surface area contributed by atoms with Gasteiger partial charge in [0, 0.05) is 16.4 Å². The second-order valence-corrected chi connectivity index (χ2v) is 9.91. The van der Waals surface area contributed by atoms with Gasteiger partial charge in [0.05, 0.1) is 16.4 Å². The summed E-state index contributed by atoms with van der Waals surface area (Å²) >= 11 is 8.17. The molecule has 0 aliphatic rings. The number of amides is 3.